The molecule has 0 saturated heterocycles. The van der Waals surface area contributed by atoms with Crippen LogP contribution in [0.5, 0.6) is 11.5 Å². The third-order valence-electron chi connectivity index (χ3n) is 4.68. The molecule has 0 heterocycles. The molecule has 8 nitrogen and oxygen atoms in total. The van der Waals surface area contributed by atoms with Crippen molar-refractivity contribution >= 4 is 29.5 Å². The van der Waals surface area contributed by atoms with E-state index in [2.05, 4.69) is 17.6 Å². The van der Waals surface area contributed by atoms with Crippen LogP contribution in [0.15, 0.2) is 12.1 Å². The molecular weight excluding hydrogens is 388 g/mol. The molecule has 28 heavy (non-hydrogen) atoms. The maximum atomic E-state index is 12.2. The van der Waals surface area contributed by atoms with Crippen LogP contribution in [0.3, 0.4) is 0 Å². The van der Waals surface area contributed by atoms with Gasteiger partial charge in [-0.05, 0) is 30.9 Å². The zero-order chi connectivity index (χ0) is 20.7. The van der Waals surface area contributed by atoms with E-state index in [4.69, 9.17) is 25.8 Å². The van der Waals surface area contributed by atoms with Gasteiger partial charge >= 0.3 is 12.0 Å². The summed E-state index contributed by atoms with van der Waals surface area (Å²) in [5.74, 6) is -0.595. The van der Waals surface area contributed by atoms with Gasteiger partial charge in [-0.2, -0.15) is 0 Å². The highest BCUT2D eigenvalue weighted by Crippen LogP contribution is 2.36. The number of urea groups is 1. The predicted molar refractivity (Wildman–Crippen MR) is 103 cm³/mol. The van der Waals surface area contributed by atoms with E-state index in [9.17, 15) is 14.4 Å². The summed E-state index contributed by atoms with van der Waals surface area (Å²) in [7, 11) is 2.83. The molecule has 1 aliphatic rings. The lowest BCUT2D eigenvalue weighted by atomic mass is 9.86. The standard InChI is InChI=1S/C19H25ClN2O6/c1-11-6-4-5-7-14(11)21-19(25)22-16(23)10-28-18(24)12-8-13(20)17(27-3)15(9-12)26-2/h8-9,11,14H,4-7,10H2,1-3H3,(H2,21,22,23,25)/t11-,14-/m1/s1. The molecule has 2 N–H and O–H groups in total. The first-order chi connectivity index (χ1) is 13.3. The zero-order valence-electron chi connectivity index (χ0n) is 16.2. The minimum atomic E-state index is -0.778. The minimum absolute atomic E-state index is 0.0398. The molecule has 0 unspecified atom stereocenters. The maximum absolute atomic E-state index is 12.2. The molecular formula is C19H25ClN2O6. The normalized spacial score (nSPS) is 18.7. The Balaban J connectivity index is 1.86. The van der Waals surface area contributed by atoms with E-state index in [-0.39, 0.29) is 28.1 Å². The lowest BCUT2D eigenvalue weighted by Crippen LogP contribution is -2.48. The summed E-state index contributed by atoms with van der Waals surface area (Å²) in [6.07, 6.45) is 4.13. The molecule has 154 valence electrons. The Hall–Kier alpha value is -2.48. The SMILES string of the molecule is COc1cc(C(=O)OCC(=O)NC(=O)N[C@@H]2CCCC[C@H]2C)cc(Cl)c1OC. The highest BCUT2D eigenvalue weighted by Gasteiger charge is 2.23. The number of hydrogen-bond acceptors (Lipinski definition) is 6. The van der Waals surface area contributed by atoms with E-state index in [0.29, 0.717) is 5.92 Å². The number of carbonyl (C=O) groups is 3. The molecule has 0 radical (unpaired) electrons. The number of benzene rings is 1. The fourth-order valence-electron chi connectivity index (χ4n) is 3.15. The van der Waals surface area contributed by atoms with E-state index >= 15 is 0 Å². The molecule has 2 rings (SSSR count). The van der Waals surface area contributed by atoms with Crippen molar-refractivity contribution in [2.24, 2.45) is 5.92 Å². The van der Waals surface area contributed by atoms with Gasteiger partial charge in [-0.25, -0.2) is 9.59 Å². The van der Waals surface area contributed by atoms with Gasteiger partial charge in [0.05, 0.1) is 24.8 Å². The van der Waals surface area contributed by atoms with Crippen molar-refractivity contribution in [3.8, 4) is 11.5 Å². The van der Waals surface area contributed by atoms with Crippen LogP contribution in [0.2, 0.25) is 5.02 Å². The van der Waals surface area contributed by atoms with Gasteiger partial charge in [-0.3, -0.25) is 10.1 Å². The van der Waals surface area contributed by atoms with Gasteiger partial charge in [0, 0.05) is 6.04 Å². The van der Waals surface area contributed by atoms with Crippen LogP contribution in [0, 0.1) is 5.92 Å². The lowest BCUT2D eigenvalue weighted by molar-refractivity contribution is -0.123. The number of imide groups is 1. The number of rotatable bonds is 6. The molecule has 0 aromatic heterocycles. The Kier molecular flexibility index (Phi) is 7.92. The number of esters is 1. The first-order valence-corrected chi connectivity index (χ1v) is 9.42. The molecule has 1 aliphatic carbocycles. The van der Waals surface area contributed by atoms with E-state index in [0.717, 1.165) is 25.7 Å². The summed E-state index contributed by atoms with van der Waals surface area (Å²) >= 11 is 6.05. The second kappa shape index (κ2) is 10.2. The number of ether oxygens (including phenoxy) is 3. The number of amides is 3. The molecule has 0 aliphatic heterocycles. The first-order valence-electron chi connectivity index (χ1n) is 9.04. The molecule has 2 atom stereocenters. The van der Waals surface area contributed by atoms with Crippen molar-refractivity contribution in [2.45, 2.75) is 38.6 Å². The predicted octanol–water partition coefficient (Wildman–Crippen LogP) is 2.92. The Morgan fingerprint density at radius 3 is 2.50 bits per heavy atom. The fourth-order valence-corrected chi connectivity index (χ4v) is 3.44. The number of halogens is 1. The van der Waals surface area contributed by atoms with Gasteiger partial charge in [0.1, 0.15) is 0 Å². The van der Waals surface area contributed by atoms with Crippen LogP contribution in [-0.2, 0) is 9.53 Å². The van der Waals surface area contributed by atoms with Crippen molar-refractivity contribution in [3.63, 3.8) is 0 Å². The summed E-state index contributed by atoms with van der Waals surface area (Å²) in [6, 6.07) is 2.19. The third kappa shape index (κ3) is 5.76. The van der Waals surface area contributed by atoms with Crippen LogP contribution in [0.1, 0.15) is 43.0 Å². The van der Waals surface area contributed by atoms with Crippen molar-refractivity contribution < 1.29 is 28.6 Å². The summed E-state index contributed by atoms with van der Waals surface area (Å²) in [5.41, 5.74) is 0.0935. The van der Waals surface area contributed by atoms with Crippen LogP contribution in [0.4, 0.5) is 4.79 Å². The summed E-state index contributed by atoms with van der Waals surface area (Å²) in [6.45, 7) is 1.47. The van der Waals surface area contributed by atoms with Crippen LogP contribution in [-0.4, -0.2) is 44.8 Å². The summed E-state index contributed by atoms with van der Waals surface area (Å²) in [4.78, 5) is 36.0. The first kappa shape index (κ1) is 21.8. The van der Waals surface area contributed by atoms with E-state index < -0.39 is 24.5 Å². The number of methoxy groups -OCH3 is 2. The number of carbonyl (C=O) groups excluding carboxylic acids is 3. The molecule has 0 bridgehead atoms. The maximum Gasteiger partial charge on any atom is 0.338 e. The van der Waals surface area contributed by atoms with Crippen molar-refractivity contribution in [1.82, 2.24) is 10.6 Å². The van der Waals surface area contributed by atoms with Crippen LogP contribution in [0.25, 0.3) is 0 Å². The van der Waals surface area contributed by atoms with Gasteiger partial charge in [0.2, 0.25) is 0 Å². The van der Waals surface area contributed by atoms with Gasteiger partial charge in [0.15, 0.2) is 18.1 Å². The fraction of sp³-hybridized carbons (Fsp3) is 0.526. The molecule has 1 saturated carbocycles. The average molecular weight is 413 g/mol. The van der Waals surface area contributed by atoms with E-state index in [1.54, 1.807) is 0 Å². The highest BCUT2D eigenvalue weighted by molar-refractivity contribution is 6.32. The van der Waals surface area contributed by atoms with E-state index in [1.165, 1.54) is 26.4 Å². The smallest absolute Gasteiger partial charge is 0.338 e. The Labute approximate surface area is 168 Å². The topological polar surface area (TPSA) is 103 Å². The molecule has 9 heteroatoms. The summed E-state index contributed by atoms with van der Waals surface area (Å²) in [5, 5.41) is 5.13. The Morgan fingerprint density at radius 1 is 1.14 bits per heavy atom. The van der Waals surface area contributed by atoms with Gasteiger partial charge in [-0.15, -0.1) is 0 Å². The molecule has 1 aromatic rings. The zero-order valence-corrected chi connectivity index (χ0v) is 16.9. The second-order valence-corrected chi connectivity index (χ2v) is 7.07. The van der Waals surface area contributed by atoms with Crippen LogP contribution >= 0.6 is 11.6 Å². The van der Waals surface area contributed by atoms with Gasteiger partial charge in [-0.1, -0.05) is 31.4 Å². The molecule has 3 amide bonds. The second-order valence-electron chi connectivity index (χ2n) is 6.66. The van der Waals surface area contributed by atoms with Crippen molar-refractivity contribution in [3.05, 3.63) is 22.7 Å². The largest absolute Gasteiger partial charge is 0.493 e. The van der Waals surface area contributed by atoms with Crippen molar-refractivity contribution in [1.29, 1.82) is 0 Å². The van der Waals surface area contributed by atoms with Gasteiger partial charge in [0.25, 0.3) is 5.91 Å². The average Bonchev–Trinajstić information content (AvgIpc) is 2.67. The quantitative estimate of drug-likeness (QED) is 0.696. The minimum Gasteiger partial charge on any atom is -0.493 e. The molecule has 1 fully saturated rings. The third-order valence-corrected chi connectivity index (χ3v) is 4.97. The number of nitrogens with one attached hydrogen (secondary N) is 2. The van der Waals surface area contributed by atoms with Gasteiger partial charge < -0.3 is 19.5 Å². The lowest BCUT2D eigenvalue weighted by Gasteiger charge is -2.29. The summed E-state index contributed by atoms with van der Waals surface area (Å²) < 4.78 is 15.2. The molecule has 1 aromatic carbocycles. The Morgan fingerprint density at radius 2 is 1.86 bits per heavy atom. The van der Waals surface area contributed by atoms with Crippen LogP contribution < -0.4 is 20.1 Å². The van der Waals surface area contributed by atoms with Crippen molar-refractivity contribution in [2.75, 3.05) is 20.8 Å². The van der Waals surface area contributed by atoms with E-state index in [1.807, 2.05) is 0 Å². The number of hydrogen-bond donors (Lipinski definition) is 2. The Bertz CT molecular complexity index is 739. The monoisotopic (exact) mass is 412 g/mol. The highest BCUT2D eigenvalue weighted by atomic mass is 35.5. The molecule has 0 spiro atoms.